The number of fused-ring (bicyclic) bond motifs is 1. The predicted molar refractivity (Wildman–Crippen MR) is 70.6 cm³/mol. The predicted octanol–water partition coefficient (Wildman–Crippen LogP) is 2.77. The van der Waals surface area contributed by atoms with Crippen molar-refractivity contribution in [3.63, 3.8) is 0 Å². The summed E-state index contributed by atoms with van der Waals surface area (Å²) in [6.07, 6.45) is 4.70. The Morgan fingerprint density at radius 2 is 2.11 bits per heavy atom. The molecule has 18 heavy (non-hydrogen) atoms. The van der Waals surface area contributed by atoms with Crippen LogP contribution in [0.4, 0.5) is 4.39 Å². The Bertz CT molecular complexity index is 553. The first kappa shape index (κ1) is 13.1. The van der Waals surface area contributed by atoms with Crippen molar-refractivity contribution in [1.29, 1.82) is 0 Å². The summed E-state index contributed by atoms with van der Waals surface area (Å²) in [4.78, 5) is 0. The first-order valence-electron chi connectivity index (χ1n) is 5.84. The van der Waals surface area contributed by atoms with Crippen molar-refractivity contribution in [3.05, 3.63) is 47.5 Å². The van der Waals surface area contributed by atoms with Crippen LogP contribution in [0.5, 0.6) is 0 Å². The number of halogens is 2. The summed E-state index contributed by atoms with van der Waals surface area (Å²) < 4.78 is 15.4. The maximum Gasteiger partial charge on any atom is 0.148 e. The summed E-state index contributed by atoms with van der Waals surface area (Å²) in [6.45, 7) is 0. The number of nitrogens with two attached hydrogens (primary N) is 1. The molecule has 0 bridgehead atoms. The Kier molecular flexibility index (Phi) is 3.68. The van der Waals surface area contributed by atoms with Gasteiger partial charge in [0.1, 0.15) is 11.5 Å². The Morgan fingerprint density at radius 3 is 2.89 bits per heavy atom. The molecule has 1 atom stereocenters. The smallest absolute Gasteiger partial charge is 0.148 e. The van der Waals surface area contributed by atoms with Gasteiger partial charge in [0.05, 0.1) is 6.20 Å². The van der Waals surface area contributed by atoms with Gasteiger partial charge in [-0.15, -0.1) is 12.4 Å². The second-order valence-electron chi connectivity index (χ2n) is 4.41. The fourth-order valence-electron chi connectivity index (χ4n) is 2.42. The number of aromatic nitrogens is 2. The van der Waals surface area contributed by atoms with Crippen molar-refractivity contribution in [2.24, 2.45) is 5.73 Å². The van der Waals surface area contributed by atoms with Crippen LogP contribution in [-0.4, -0.2) is 9.78 Å². The van der Waals surface area contributed by atoms with E-state index >= 15 is 0 Å². The zero-order valence-corrected chi connectivity index (χ0v) is 10.7. The Labute approximate surface area is 111 Å². The first-order valence-corrected chi connectivity index (χ1v) is 5.84. The molecule has 0 aliphatic heterocycles. The van der Waals surface area contributed by atoms with Crippen molar-refractivity contribution < 1.29 is 4.39 Å². The number of benzene rings is 1. The van der Waals surface area contributed by atoms with Crippen molar-refractivity contribution in [2.45, 2.75) is 25.3 Å². The molecule has 0 fully saturated rings. The molecule has 1 heterocycles. The van der Waals surface area contributed by atoms with E-state index in [0.29, 0.717) is 5.69 Å². The van der Waals surface area contributed by atoms with Gasteiger partial charge in [0.2, 0.25) is 0 Å². The van der Waals surface area contributed by atoms with Gasteiger partial charge in [-0.05, 0) is 31.4 Å². The standard InChI is InChI=1S/C13H14FN3.ClH/c14-10-4-1-2-6-13(10)17-12-7-3-5-11(15)9(12)8-16-17;/h1-2,4,6,8,11H,3,5,7,15H2;1H. The van der Waals surface area contributed by atoms with Gasteiger partial charge in [-0.1, -0.05) is 12.1 Å². The van der Waals surface area contributed by atoms with Crippen molar-refractivity contribution in [1.82, 2.24) is 9.78 Å². The summed E-state index contributed by atoms with van der Waals surface area (Å²) in [5.41, 5.74) is 8.64. The van der Waals surface area contributed by atoms with E-state index < -0.39 is 0 Å². The molecule has 0 radical (unpaired) electrons. The van der Waals surface area contributed by atoms with Crippen molar-refractivity contribution >= 4 is 12.4 Å². The van der Waals surface area contributed by atoms with Crippen molar-refractivity contribution in [3.8, 4) is 5.69 Å². The summed E-state index contributed by atoms with van der Waals surface area (Å²) in [7, 11) is 0. The fourth-order valence-corrected chi connectivity index (χ4v) is 2.42. The van der Waals surface area contributed by atoms with Crippen LogP contribution in [0.2, 0.25) is 0 Å². The molecule has 3 nitrogen and oxygen atoms in total. The van der Waals surface area contributed by atoms with E-state index in [-0.39, 0.29) is 24.3 Å². The van der Waals surface area contributed by atoms with Crippen LogP contribution >= 0.6 is 12.4 Å². The molecule has 96 valence electrons. The number of rotatable bonds is 1. The third-order valence-corrected chi connectivity index (χ3v) is 3.31. The minimum Gasteiger partial charge on any atom is -0.324 e. The lowest BCUT2D eigenvalue weighted by atomic mass is 9.94. The highest BCUT2D eigenvalue weighted by molar-refractivity contribution is 5.85. The molecule has 1 aromatic heterocycles. The number of hydrogen-bond acceptors (Lipinski definition) is 2. The van der Waals surface area contributed by atoms with Crippen LogP contribution in [0, 0.1) is 5.82 Å². The van der Waals surface area contributed by atoms with Crippen LogP contribution in [0.1, 0.15) is 30.1 Å². The number of para-hydroxylation sites is 1. The summed E-state index contributed by atoms with van der Waals surface area (Å²) in [6, 6.07) is 6.73. The minimum atomic E-state index is -0.252. The van der Waals surface area contributed by atoms with E-state index in [1.807, 2.05) is 6.07 Å². The van der Waals surface area contributed by atoms with E-state index in [1.54, 1.807) is 23.0 Å². The first-order chi connectivity index (χ1) is 8.27. The number of nitrogens with zero attached hydrogens (tertiary/aromatic N) is 2. The van der Waals surface area contributed by atoms with E-state index in [2.05, 4.69) is 5.10 Å². The number of hydrogen-bond donors (Lipinski definition) is 1. The second-order valence-corrected chi connectivity index (χ2v) is 4.41. The maximum atomic E-state index is 13.7. The monoisotopic (exact) mass is 267 g/mol. The van der Waals surface area contributed by atoms with E-state index in [1.165, 1.54) is 6.07 Å². The third-order valence-electron chi connectivity index (χ3n) is 3.31. The summed E-state index contributed by atoms with van der Waals surface area (Å²) in [5.74, 6) is -0.252. The van der Waals surface area contributed by atoms with Gasteiger partial charge in [0.25, 0.3) is 0 Å². The highest BCUT2D eigenvalue weighted by atomic mass is 35.5. The lowest BCUT2D eigenvalue weighted by Gasteiger charge is -2.19. The molecular weight excluding hydrogens is 253 g/mol. The SMILES string of the molecule is Cl.NC1CCCc2c1cnn2-c1ccccc1F. The highest BCUT2D eigenvalue weighted by Crippen LogP contribution is 2.29. The molecule has 0 saturated heterocycles. The zero-order chi connectivity index (χ0) is 11.8. The van der Waals surface area contributed by atoms with Crippen LogP contribution in [-0.2, 0) is 6.42 Å². The van der Waals surface area contributed by atoms with E-state index in [9.17, 15) is 4.39 Å². The molecule has 0 saturated carbocycles. The molecule has 5 heteroatoms. The van der Waals surface area contributed by atoms with Gasteiger partial charge in [-0.3, -0.25) is 0 Å². The zero-order valence-electron chi connectivity index (χ0n) is 9.84. The van der Waals surface area contributed by atoms with Gasteiger partial charge >= 0.3 is 0 Å². The van der Waals surface area contributed by atoms with Crippen LogP contribution < -0.4 is 5.73 Å². The average Bonchev–Trinajstić information content (AvgIpc) is 2.75. The molecule has 2 N–H and O–H groups in total. The minimum absolute atomic E-state index is 0. The summed E-state index contributed by atoms with van der Waals surface area (Å²) in [5, 5.41) is 4.28. The molecular formula is C13H15ClFN3. The fraction of sp³-hybridized carbons (Fsp3) is 0.308. The molecule has 0 spiro atoms. The Balaban J connectivity index is 0.00000120. The van der Waals surface area contributed by atoms with E-state index in [4.69, 9.17) is 5.73 Å². The van der Waals surface area contributed by atoms with Crippen LogP contribution in [0.15, 0.2) is 30.5 Å². The average molecular weight is 268 g/mol. The molecule has 0 amide bonds. The van der Waals surface area contributed by atoms with Gasteiger partial charge in [-0.25, -0.2) is 9.07 Å². The van der Waals surface area contributed by atoms with Crippen molar-refractivity contribution in [2.75, 3.05) is 0 Å². The maximum absolute atomic E-state index is 13.7. The van der Waals surface area contributed by atoms with Gasteiger partial charge in [0, 0.05) is 17.3 Å². The molecule has 1 aliphatic carbocycles. The molecule has 1 aliphatic rings. The van der Waals surface area contributed by atoms with Crippen LogP contribution in [0.25, 0.3) is 5.69 Å². The van der Waals surface area contributed by atoms with Gasteiger partial charge in [-0.2, -0.15) is 5.10 Å². The Hall–Kier alpha value is -1.39. The quantitative estimate of drug-likeness (QED) is 0.863. The third kappa shape index (κ3) is 2.02. The lowest BCUT2D eigenvalue weighted by molar-refractivity contribution is 0.551. The van der Waals surface area contributed by atoms with E-state index in [0.717, 1.165) is 30.5 Å². The molecule has 2 aromatic rings. The van der Waals surface area contributed by atoms with Crippen LogP contribution in [0.3, 0.4) is 0 Å². The van der Waals surface area contributed by atoms with Gasteiger partial charge < -0.3 is 5.73 Å². The van der Waals surface area contributed by atoms with Gasteiger partial charge in [0.15, 0.2) is 0 Å². The largest absolute Gasteiger partial charge is 0.324 e. The Morgan fingerprint density at radius 1 is 1.33 bits per heavy atom. The topological polar surface area (TPSA) is 43.8 Å². The molecule has 1 unspecified atom stereocenters. The summed E-state index contributed by atoms with van der Waals surface area (Å²) >= 11 is 0. The highest BCUT2D eigenvalue weighted by Gasteiger charge is 2.22. The molecule has 1 aromatic carbocycles. The lowest BCUT2D eigenvalue weighted by Crippen LogP contribution is -2.18. The normalized spacial score (nSPS) is 18.0. The second kappa shape index (κ2) is 5.08. The molecule has 3 rings (SSSR count).